The van der Waals surface area contributed by atoms with Crippen molar-refractivity contribution in [3.05, 3.63) is 96.1 Å². The van der Waals surface area contributed by atoms with Crippen molar-refractivity contribution >= 4 is 0 Å². The lowest BCUT2D eigenvalue weighted by atomic mass is 10.0. The van der Waals surface area contributed by atoms with E-state index in [2.05, 4.69) is 24.3 Å². The second kappa shape index (κ2) is 11.1. The van der Waals surface area contributed by atoms with Gasteiger partial charge in [0.2, 0.25) is 6.29 Å². The predicted molar refractivity (Wildman–Crippen MR) is 123 cm³/mol. The summed E-state index contributed by atoms with van der Waals surface area (Å²) in [5.74, 6) is 1.52. The summed E-state index contributed by atoms with van der Waals surface area (Å²) in [4.78, 5) is 0. The van der Waals surface area contributed by atoms with E-state index in [-0.39, 0.29) is 18.3 Å². The van der Waals surface area contributed by atoms with Crippen LogP contribution in [-0.2, 0) is 27.4 Å². The number of benzene rings is 3. The van der Waals surface area contributed by atoms with Crippen LogP contribution in [0.3, 0.4) is 0 Å². The molecule has 0 aliphatic carbocycles. The molecule has 3 aromatic carbocycles. The van der Waals surface area contributed by atoms with Crippen molar-refractivity contribution in [2.24, 2.45) is 0 Å². The van der Waals surface area contributed by atoms with E-state index in [1.165, 1.54) is 0 Å². The standard InChI is InChI=1S/C27H30O5/c1-20-27(30-19-22-11-7-4-8-12-22)25(29-18-21-9-5-3-6-10-21)17-26(31-20)32-24-15-13-23(28-2)14-16-24/h3-16,20,25-27H,17-19H2,1-2H3/t20?,25-,26-,27+/m1/s1. The molecule has 5 nitrogen and oxygen atoms in total. The molecule has 0 aromatic heterocycles. The highest BCUT2D eigenvalue weighted by Crippen LogP contribution is 2.29. The molecule has 0 amide bonds. The maximum absolute atomic E-state index is 6.34. The van der Waals surface area contributed by atoms with Crippen LogP contribution in [0.25, 0.3) is 0 Å². The van der Waals surface area contributed by atoms with Gasteiger partial charge in [-0.3, -0.25) is 0 Å². The van der Waals surface area contributed by atoms with Gasteiger partial charge in [0.25, 0.3) is 0 Å². The summed E-state index contributed by atoms with van der Waals surface area (Å²) in [7, 11) is 1.64. The average Bonchev–Trinajstić information content (AvgIpc) is 2.84. The third kappa shape index (κ3) is 6.10. The molecule has 1 heterocycles. The van der Waals surface area contributed by atoms with E-state index < -0.39 is 6.29 Å². The minimum atomic E-state index is -0.421. The first-order valence-corrected chi connectivity index (χ1v) is 11.0. The van der Waals surface area contributed by atoms with Gasteiger partial charge in [-0.25, -0.2) is 0 Å². The zero-order valence-electron chi connectivity index (χ0n) is 18.6. The van der Waals surface area contributed by atoms with Crippen LogP contribution in [0.2, 0.25) is 0 Å². The molecular weight excluding hydrogens is 404 g/mol. The van der Waals surface area contributed by atoms with Crippen molar-refractivity contribution in [2.75, 3.05) is 7.11 Å². The summed E-state index contributed by atoms with van der Waals surface area (Å²) >= 11 is 0. The van der Waals surface area contributed by atoms with E-state index in [1.54, 1.807) is 7.11 Å². The van der Waals surface area contributed by atoms with Crippen molar-refractivity contribution in [2.45, 2.75) is 51.2 Å². The smallest absolute Gasteiger partial charge is 0.202 e. The minimum Gasteiger partial charge on any atom is -0.497 e. The van der Waals surface area contributed by atoms with Crippen molar-refractivity contribution < 1.29 is 23.7 Å². The molecular formula is C27H30O5. The Morgan fingerprint density at radius 2 is 1.31 bits per heavy atom. The first-order chi connectivity index (χ1) is 15.7. The summed E-state index contributed by atoms with van der Waals surface area (Å²) in [6.45, 7) is 3.03. The van der Waals surface area contributed by atoms with Gasteiger partial charge in [-0.15, -0.1) is 0 Å². The summed E-state index contributed by atoms with van der Waals surface area (Å²) in [5, 5.41) is 0. The molecule has 0 spiro atoms. The minimum absolute atomic E-state index is 0.161. The SMILES string of the molecule is COc1ccc(O[C@@H]2C[C@@H](OCc3ccccc3)[C@@H](OCc3ccccc3)C(C)O2)cc1. The normalized spacial score (nSPS) is 22.9. The van der Waals surface area contributed by atoms with E-state index in [1.807, 2.05) is 67.6 Å². The molecule has 32 heavy (non-hydrogen) atoms. The van der Waals surface area contributed by atoms with Crippen LogP contribution in [0.15, 0.2) is 84.9 Å². The zero-order valence-corrected chi connectivity index (χ0v) is 18.6. The van der Waals surface area contributed by atoms with E-state index in [4.69, 9.17) is 23.7 Å². The van der Waals surface area contributed by atoms with Gasteiger partial charge in [0.15, 0.2) is 0 Å². The van der Waals surface area contributed by atoms with Gasteiger partial charge in [-0.2, -0.15) is 0 Å². The van der Waals surface area contributed by atoms with Crippen molar-refractivity contribution in [1.82, 2.24) is 0 Å². The molecule has 1 fully saturated rings. The zero-order chi connectivity index (χ0) is 22.2. The van der Waals surface area contributed by atoms with Gasteiger partial charge in [-0.1, -0.05) is 60.7 Å². The molecule has 4 atom stereocenters. The first-order valence-electron chi connectivity index (χ1n) is 11.0. The fraction of sp³-hybridized carbons (Fsp3) is 0.333. The highest BCUT2D eigenvalue weighted by atomic mass is 16.7. The third-order valence-electron chi connectivity index (χ3n) is 5.54. The van der Waals surface area contributed by atoms with Crippen LogP contribution in [0.1, 0.15) is 24.5 Å². The third-order valence-corrected chi connectivity index (χ3v) is 5.54. The Morgan fingerprint density at radius 1 is 0.750 bits per heavy atom. The molecule has 4 rings (SSSR count). The Morgan fingerprint density at radius 3 is 1.91 bits per heavy atom. The summed E-state index contributed by atoms with van der Waals surface area (Å²) in [6, 6.07) is 27.8. The van der Waals surface area contributed by atoms with E-state index in [0.717, 1.165) is 22.6 Å². The van der Waals surface area contributed by atoms with Crippen molar-refractivity contribution in [3.8, 4) is 11.5 Å². The highest BCUT2D eigenvalue weighted by Gasteiger charge is 2.39. The van der Waals surface area contributed by atoms with E-state index >= 15 is 0 Å². The lowest BCUT2D eigenvalue weighted by Crippen LogP contribution is -2.50. The maximum atomic E-state index is 6.34. The Bertz CT molecular complexity index is 929. The summed E-state index contributed by atoms with van der Waals surface area (Å²) in [6.07, 6.45) is -0.393. The Kier molecular flexibility index (Phi) is 7.77. The maximum Gasteiger partial charge on any atom is 0.202 e. The fourth-order valence-electron chi connectivity index (χ4n) is 3.83. The fourth-order valence-corrected chi connectivity index (χ4v) is 3.83. The summed E-state index contributed by atoms with van der Waals surface area (Å²) in [5.41, 5.74) is 2.25. The van der Waals surface area contributed by atoms with Crippen molar-refractivity contribution in [1.29, 1.82) is 0 Å². The largest absolute Gasteiger partial charge is 0.497 e. The van der Waals surface area contributed by atoms with Crippen LogP contribution >= 0.6 is 0 Å². The predicted octanol–water partition coefficient (Wildman–Crippen LogP) is 5.38. The quantitative estimate of drug-likeness (QED) is 0.452. The lowest BCUT2D eigenvalue weighted by molar-refractivity contribution is -0.243. The molecule has 1 unspecified atom stereocenters. The van der Waals surface area contributed by atoms with Crippen LogP contribution in [0, 0.1) is 0 Å². The molecule has 0 N–H and O–H groups in total. The Hall–Kier alpha value is -2.86. The highest BCUT2D eigenvalue weighted by molar-refractivity contribution is 5.31. The Balaban J connectivity index is 1.43. The average molecular weight is 435 g/mol. The van der Waals surface area contributed by atoms with Gasteiger partial charge >= 0.3 is 0 Å². The van der Waals surface area contributed by atoms with Crippen LogP contribution in [0.5, 0.6) is 11.5 Å². The van der Waals surface area contributed by atoms with Gasteiger partial charge in [0.1, 0.15) is 17.6 Å². The molecule has 5 heteroatoms. The Labute approximate surface area is 189 Å². The van der Waals surface area contributed by atoms with Gasteiger partial charge in [0.05, 0.1) is 32.5 Å². The second-order valence-electron chi connectivity index (χ2n) is 7.90. The van der Waals surface area contributed by atoms with Crippen molar-refractivity contribution in [3.63, 3.8) is 0 Å². The molecule has 1 aliphatic rings. The van der Waals surface area contributed by atoms with Gasteiger partial charge in [0, 0.05) is 6.42 Å². The molecule has 168 valence electrons. The van der Waals surface area contributed by atoms with Crippen LogP contribution in [-0.4, -0.2) is 31.7 Å². The topological polar surface area (TPSA) is 46.2 Å². The van der Waals surface area contributed by atoms with Gasteiger partial charge in [-0.05, 0) is 42.3 Å². The number of hydrogen-bond donors (Lipinski definition) is 0. The molecule has 1 aliphatic heterocycles. The van der Waals surface area contributed by atoms with Gasteiger partial charge < -0.3 is 23.7 Å². The number of hydrogen-bond acceptors (Lipinski definition) is 5. The lowest BCUT2D eigenvalue weighted by Gasteiger charge is -2.40. The van der Waals surface area contributed by atoms with Crippen LogP contribution in [0.4, 0.5) is 0 Å². The summed E-state index contributed by atoms with van der Waals surface area (Å²) < 4.78 is 30.1. The first kappa shape index (κ1) is 22.3. The molecule has 0 radical (unpaired) electrons. The van der Waals surface area contributed by atoms with Crippen LogP contribution < -0.4 is 9.47 Å². The monoisotopic (exact) mass is 434 g/mol. The molecule has 1 saturated heterocycles. The van der Waals surface area contributed by atoms with E-state index in [0.29, 0.717) is 19.6 Å². The molecule has 3 aromatic rings. The number of ether oxygens (including phenoxy) is 5. The molecule has 0 bridgehead atoms. The second-order valence-corrected chi connectivity index (χ2v) is 7.90. The van der Waals surface area contributed by atoms with E-state index in [9.17, 15) is 0 Å². The number of rotatable bonds is 9. The number of methoxy groups -OCH3 is 1. The molecule has 0 saturated carbocycles.